The number of methoxy groups -OCH3 is 1. The molecular weight excluding hydrogens is 293 g/mol. The summed E-state index contributed by atoms with van der Waals surface area (Å²) in [5, 5.41) is 0. The smallest absolute Gasteiger partial charge is 0.469 e. The van der Waals surface area contributed by atoms with E-state index >= 15 is 0 Å². The number of halogens is 5. The highest BCUT2D eigenvalue weighted by Crippen LogP contribution is 2.30. The van der Waals surface area contributed by atoms with Gasteiger partial charge in [-0.3, -0.25) is 14.6 Å². The Morgan fingerprint density at radius 1 is 1.40 bits per heavy atom. The van der Waals surface area contributed by atoms with Gasteiger partial charge in [0.2, 0.25) is 5.88 Å². The summed E-state index contributed by atoms with van der Waals surface area (Å²) < 4.78 is 69.6. The highest BCUT2D eigenvalue weighted by atomic mass is 19.4. The van der Waals surface area contributed by atoms with E-state index in [1.54, 1.807) is 4.98 Å². The number of hydrogen-bond donors (Lipinski definition) is 1. The van der Waals surface area contributed by atoms with Gasteiger partial charge in [-0.05, 0) is 0 Å². The highest BCUT2D eigenvalue weighted by Gasteiger charge is 2.34. The second-order valence-electron chi connectivity index (χ2n) is 3.50. The van der Waals surface area contributed by atoms with Gasteiger partial charge in [0.05, 0.1) is 13.5 Å². The Hall–Kier alpha value is -2.13. The van der Waals surface area contributed by atoms with Crippen molar-refractivity contribution in [3.63, 3.8) is 0 Å². The average molecular weight is 301 g/mol. The van der Waals surface area contributed by atoms with Crippen LogP contribution in [0.1, 0.15) is 17.6 Å². The summed E-state index contributed by atoms with van der Waals surface area (Å²) >= 11 is 0. The number of carbonyl (C=O) groups is 1. The predicted octanol–water partition coefficient (Wildman–Crippen LogP) is 1.93. The van der Waals surface area contributed by atoms with E-state index in [1.807, 2.05) is 0 Å². The molecule has 0 fully saturated rings. The van der Waals surface area contributed by atoms with Gasteiger partial charge in [0.1, 0.15) is 0 Å². The summed E-state index contributed by atoms with van der Waals surface area (Å²) in [7, 11) is 0.931. The van der Waals surface area contributed by atoms with Crippen LogP contribution in [-0.4, -0.2) is 24.4 Å². The van der Waals surface area contributed by atoms with Crippen molar-refractivity contribution < 1.29 is 36.2 Å². The molecule has 1 rings (SSSR count). The zero-order chi connectivity index (χ0) is 15.5. The third-order valence-corrected chi connectivity index (χ3v) is 2.15. The van der Waals surface area contributed by atoms with Gasteiger partial charge in [0, 0.05) is 17.2 Å². The molecule has 0 radical (unpaired) electrons. The lowest BCUT2D eigenvalue weighted by Gasteiger charge is -2.15. The van der Waals surface area contributed by atoms with E-state index in [1.165, 1.54) is 0 Å². The predicted molar refractivity (Wildman–Crippen MR) is 54.4 cm³/mol. The van der Waals surface area contributed by atoms with Gasteiger partial charge in [-0.25, -0.2) is 8.78 Å². The quantitative estimate of drug-likeness (QED) is 0.681. The maximum Gasteiger partial charge on any atom is 0.574 e. The maximum absolute atomic E-state index is 12.7. The first-order valence-electron chi connectivity index (χ1n) is 5.01. The van der Waals surface area contributed by atoms with E-state index in [4.69, 9.17) is 0 Å². The molecule has 0 bridgehead atoms. The minimum absolute atomic E-state index is 0.395. The van der Waals surface area contributed by atoms with Crippen molar-refractivity contribution in [2.24, 2.45) is 0 Å². The lowest BCUT2D eigenvalue weighted by molar-refractivity contribution is -0.276. The van der Waals surface area contributed by atoms with Gasteiger partial charge in [0.25, 0.3) is 12.0 Å². The molecule has 1 N–H and O–H groups in total. The van der Waals surface area contributed by atoms with Crippen molar-refractivity contribution in [3.8, 4) is 5.88 Å². The molecule has 10 heteroatoms. The van der Waals surface area contributed by atoms with Crippen LogP contribution < -0.4 is 10.3 Å². The molecule has 1 aromatic rings. The minimum Gasteiger partial charge on any atom is -0.469 e. The van der Waals surface area contributed by atoms with Gasteiger partial charge in [-0.1, -0.05) is 0 Å². The number of hydrogen-bond acceptors (Lipinski definition) is 4. The fraction of sp³-hybridized carbons (Fsp3) is 0.400. The molecule has 1 aromatic heterocycles. The first kappa shape index (κ1) is 15.9. The first-order chi connectivity index (χ1) is 9.14. The summed E-state index contributed by atoms with van der Waals surface area (Å²) in [5.41, 5.74) is -3.03. The van der Waals surface area contributed by atoms with Gasteiger partial charge in [-0.2, -0.15) is 0 Å². The van der Waals surface area contributed by atoms with Crippen LogP contribution in [0, 0.1) is 0 Å². The van der Waals surface area contributed by atoms with Crippen LogP contribution in [0.25, 0.3) is 0 Å². The number of alkyl halides is 5. The number of esters is 1. The van der Waals surface area contributed by atoms with E-state index in [0.717, 1.165) is 7.11 Å². The Morgan fingerprint density at radius 2 is 2.00 bits per heavy atom. The van der Waals surface area contributed by atoms with Crippen LogP contribution in [0.5, 0.6) is 5.88 Å². The van der Waals surface area contributed by atoms with Gasteiger partial charge < -0.3 is 9.47 Å². The summed E-state index contributed by atoms with van der Waals surface area (Å²) in [6, 6.07) is 0.395. The third kappa shape index (κ3) is 4.21. The molecular formula is C10H8F5NO4. The summed E-state index contributed by atoms with van der Waals surface area (Å²) in [6.45, 7) is 0. The zero-order valence-corrected chi connectivity index (χ0v) is 9.88. The van der Waals surface area contributed by atoms with Gasteiger partial charge in [-0.15, -0.1) is 13.2 Å². The molecule has 0 aliphatic rings. The summed E-state index contributed by atoms with van der Waals surface area (Å²) in [4.78, 5) is 23.7. The largest absolute Gasteiger partial charge is 0.574 e. The SMILES string of the molecule is COC(=O)Cc1c(C(F)F)cc(=O)[nH]c1OC(F)(F)F. The topological polar surface area (TPSA) is 68.4 Å². The molecule has 20 heavy (non-hydrogen) atoms. The Kier molecular flexibility index (Phi) is 4.69. The second-order valence-corrected chi connectivity index (χ2v) is 3.50. The van der Waals surface area contributed by atoms with Crippen LogP contribution in [0.3, 0.4) is 0 Å². The zero-order valence-electron chi connectivity index (χ0n) is 9.88. The number of H-pyrrole nitrogens is 1. The molecule has 0 aromatic carbocycles. The standard InChI is InChI=1S/C10H8F5NO4/c1-19-7(18)3-5-4(8(11)12)2-6(17)16-9(5)20-10(13,14)15/h2,8H,3H2,1H3,(H,16,17). The fourth-order valence-corrected chi connectivity index (χ4v) is 1.38. The van der Waals surface area contributed by atoms with Crippen molar-refractivity contribution in [2.45, 2.75) is 19.2 Å². The number of aromatic amines is 1. The lowest BCUT2D eigenvalue weighted by Crippen LogP contribution is -2.23. The van der Waals surface area contributed by atoms with Crippen molar-refractivity contribution in [3.05, 3.63) is 27.5 Å². The highest BCUT2D eigenvalue weighted by molar-refractivity contribution is 5.73. The molecule has 0 aliphatic carbocycles. The molecule has 112 valence electrons. The van der Waals surface area contributed by atoms with E-state index in [2.05, 4.69) is 9.47 Å². The Balaban J connectivity index is 3.38. The van der Waals surface area contributed by atoms with E-state index in [0.29, 0.717) is 6.07 Å². The molecule has 0 unspecified atom stereocenters. The van der Waals surface area contributed by atoms with E-state index in [-0.39, 0.29) is 0 Å². The molecule has 0 saturated carbocycles. The Bertz CT molecular complexity index is 552. The van der Waals surface area contributed by atoms with E-state index in [9.17, 15) is 31.5 Å². The lowest BCUT2D eigenvalue weighted by atomic mass is 10.1. The summed E-state index contributed by atoms with van der Waals surface area (Å²) in [6.07, 6.45) is -9.38. The van der Waals surface area contributed by atoms with Gasteiger partial charge >= 0.3 is 12.3 Å². The normalized spacial score (nSPS) is 11.6. The average Bonchev–Trinajstić information content (AvgIpc) is 2.29. The minimum atomic E-state index is -5.21. The van der Waals surface area contributed by atoms with Crippen molar-refractivity contribution in [2.75, 3.05) is 7.11 Å². The number of carbonyl (C=O) groups excluding carboxylic acids is 1. The van der Waals surface area contributed by atoms with E-state index < -0.39 is 47.7 Å². The fourth-order valence-electron chi connectivity index (χ4n) is 1.38. The third-order valence-electron chi connectivity index (χ3n) is 2.15. The van der Waals surface area contributed by atoms with Crippen molar-refractivity contribution in [1.82, 2.24) is 4.98 Å². The van der Waals surface area contributed by atoms with Crippen molar-refractivity contribution >= 4 is 5.97 Å². The Morgan fingerprint density at radius 3 is 2.45 bits per heavy atom. The molecule has 0 amide bonds. The van der Waals surface area contributed by atoms with Crippen LogP contribution >= 0.6 is 0 Å². The Labute approximate surface area is 108 Å². The number of rotatable bonds is 4. The molecule has 5 nitrogen and oxygen atoms in total. The number of ether oxygens (including phenoxy) is 2. The molecule has 0 spiro atoms. The number of pyridine rings is 1. The molecule has 0 aliphatic heterocycles. The van der Waals surface area contributed by atoms with Crippen molar-refractivity contribution in [1.29, 1.82) is 0 Å². The molecule has 1 heterocycles. The molecule has 0 saturated heterocycles. The van der Waals surface area contributed by atoms with Crippen LogP contribution in [0.2, 0.25) is 0 Å². The van der Waals surface area contributed by atoms with Crippen LogP contribution in [0.4, 0.5) is 22.0 Å². The first-order valence-corrected chi connectivity index (χ1v) is 5.01. The second kappa shape index (κ2) is 5.88. The maximum atomic E-state index is 12.7. The molecule has 0 atom stereocenters. The number of nitrogens with one attached hydrogen (secondary N) is 1. The van der Waals surface area contributed by atoms with Gasteiger partial charge in [0.15, 0.2) is 0 Å². The van der Waals surface area contributed by atoms with Crippen LogP contribution in [-0.2, 0) is 16.0 Å². The van der Waals surface area contributed by atoms with Crippen LogP contribution in [0.15, 0.2) is 10.9 Å². The monoisotopic (exact) mass is 301 g/mol. The summed E-state index contributed by atoms with van der Waals surface area (Å²) in [5.74, 6) is -2.32. The number of aromatic nitrogens is 1.